The van der Waals surface area contributed by atoms with Crippen molar-refractivity contribution in [1.82, 2.24) is 10.6 Å². The van der Waals surface area contributed by atoms with Gasteiger partial charge >= 0.3 is 0 Å². The number of hydrogen-bond donors (Lipinski definition) is 2. The highest BCUT2D eigenvalue weighted by atomic mass is 19.3. The average molecular weight is 231 g/mol. The first-order valence-electron chi connectivity index (χ1n) is 5.98. The Labute approximate surface area is 94.7 Å². The van der Waals surface area contributed by atoms with Crippen molar-refractivity contribution in [2.45, 2.75) is 44.6 Å². The lowest BCUT2D eigenvalue weighted by atomic mass is 9.87. The third kappa shape index (κ3) is 3.06. The Hall–Kier alpha value is -0.870. The third-order valence-corrected chi connectivity index (χ3v) is 3.30. The van der Waals surface area contributed by atoms with Gasteiger partial charge in [-0.2, -0.15) is 0 Å². The highest BCUT2D eigenvalue weighted by molar-refractivity contribution is 5.81. The van der Waals surface area contributed by atoms with Crippen molar-refractivity contribution in [3.05, 3.63) is 0 Å². The number of rotatable bonds is 2. The quantitative estimate of drug-likeness (QED) is 0.759. The molecule has 1 heterocycles. The van der Waals surface area contributed by atoms with Crippen LogP contribution in [0.3, 0.4) is 0 Å². The van der Waals surface area contributed by atoms with Gasteiger partial charge in [0, 0.05) is 25.4 Å². The van der Waals surface area contributed by atoms with Gasteiger partial charge in [0.2, 0.25) is 5.92 Å². The van der Waals surface area contributed by atoms with Gasteiger partial charge in [-0.15, -0.1) is 0 Å². The minimum atomic E-state index is -2.42. The van der Waals surface area contributed by atoms with Crippen molar-refractivity contribution in [3.63, 3.8) is 0 Å². The molecule has 0 amide bonds. The van der Waals surface area contributed by atoms with E-state index in [4.69, 9.17) is 0 Å². The zero-order valence-electron chi connectivity index (χ0n) is 9.60. The molecule has 1 aliphatic carbocycles. The predicted molar refractivity (Wildman–Crippen MR) is 59.8 cm³/mol. The number of halogens is 2. The molecule has 0 aromatic carbocycles. The molecule has 1 atom stereocenters. The standard InChI is InChI=1S/C11H19F2N3/c1-8-6-14-10(16-8)15-7-9-2-4-11(12,13)5-3-9/h8-9H,2-7H2,1H3,(H2,14,15,16). The average Bonchev–Trinajstić information content (AvgIpc) is 2.63. The molecular weight excluding hydrogens is 212 g/mol. The second kappa shape index (κ2) is 4.55. The number of hydrogen-bond acceptors (Lipinski definition) is 3. The summed E-state index contributed by atoms with van der Waals surface area (Å²) in [5, 5.41) is 6.40. The largest absolute Gasteiger partial charge is 0.356 e. The second-order valence-corrected chi connectivity index (χ2v) is 4.91. The molecule has 2 aliphatic rings. The van der Waals surface area contributed by atoms with Gasteiger partial charge in [-0.25, -0.2) is 8.78 Å². The summed E-state index contributed by atoms with van der Waals surface area (Å²) in [6.45, 7) is 3.62. The van der Waals surface area contributed by atoms with Gasteiger partial charge in [0.15, 0.2) is 5.96 Å². The van der Waals surface area contributed by atoms with E-state index in [0.717, 1.165) is 19.0 Å². The number of nitrogens with one attached hydrogen (secondary N) is 2. The first-order chi connectivity index (χ1) is 7.55. The van der Waals surface area contributed by atoms with E-state index < -0.39 is 5.92 Å². The van der Waals surface area contributed by atoms with Crippen LogP contribution < -0.4 is 10.6 Å². The molecule has 3 nitrogen and oxygen atoms in total. The summed E-state index contributed by atoms with van der Waals surface area (Å²) < 4.78 is 25.8. The van der Waals surface area contributed by atoms with E-state index >= 15 is 0 Å². The normalized spacial score (nSPS) is 29.7. The lowest BCUT2D eigenvalue weighted by molar-refractivity contribution is -0.0451. The molecule has 0 saturated heterocycles. The summed E-state index contributed by atoms with van der Waals surface area (Å²) in [5.41, 5.74) is 0. The number of nitrogens with zero attached hydrogens (tertiary/aromatic N) is 1. The fourth-order valence-corrected chi connectivity index (χ4v) is 2.20. The van der Waals surface area contributed by atoms with Crippen LogP contribution in [0.4, 0.5) is 8.78 Å². The molecular formula is C11H19F2N3. The highest BCUT2D eigenvalue weighted by Crippen LogP contribution is 2.35. The van der Waals surface area contributed by atoms with Crippen molar-refractivity contribution in [3.8, 4) is 0 Å². The second-order valence-electron chi connectivity index (χ2n) is 4.91. The summed E-state index contributed by atoms with van der Waals surface area (Å²) in [7, 11) is 0. The summed E-state index contributed by atoms with van der Waals surface area (Å²) in [6, 6.07) is 0.387. The maximum absolute atomic E-state index is 12.9. The number of aliphatic imine (C=N–C) groups is 1. The van der Waals surface area contributed by atoms with Gasteiger partial charge in [0.1, 0.15) is 0 Å². The fraction of sp³-hybridized carbons (Fsp3) is 0.909. The van der Waals surface area contributed by atoms with E-state index in [9.17, 15) is 8.78 Å². The highest BCUT2D eigenvalue weighted by Gasteiger charge is 2.34. The van der Waals surface area contributed by atoms with Crippen molar-refractivity contribution in [2.75, 3.05) is 13.1 Å². The summed E-state index contributed by atoms with van der Waals surface area (Å²) >= 11 is 0. The van der Waals surface area contributed by atoms with Crippen LogP contribution in [0.2, 0.25) is 0 Å². The van der Waals surface area contributed by atoms with Crippen molar-refractivity contribution >= 4 is 5.96 Å². The van der Waals surface area contributed by atoms with Crippen LogP contribution in [0.1, 0.15) is 32.6 Å². The van der Waals surface area contributed by atoms with Gasteiger partial charge in [0.05, 0.1) is 6.54 Å². The Morgan fingerprint density at radius 2 is 2.12 bits per heavy atom. The first-order valence-corrected chi connectivity index (χ1v) is 5.98. The van der Waals surface area contributed by atoms with Crippen molar-refractivity contribution in [2.24, 2.45) is 10.9 Å². The zero-order chi connectivity index (χ0) is 11.6. The summed E-state index contributed by atoms with van der Waals surface area (Å²) in [5.74, 6) is -1.24. The lowest BCUT2D eigenvalue weighted by Gasteiger charge is -2.28. The van der Waals surface area contributed by atoms with Crippen molar-refractivity contribution in [1.29, 1.82) is 0 Å². The van der Waals surface area contributed by atoms with Gasteiger partial charge in [-0.05, 0) is 25.7 Å². The molecule has 2 rings (SSSR count). The molecule has 1 saturated carbocycles. The number of guanidine groups is 1. The van der Waals surface area contributed by atoms with Crippen LogP contribution in [0.5, 0.6) is 0 Å². The summed E-state index contributed by atoms with van der Waals surface area (Å²) in [6.07, 6.45) is 1.30. The van der Waals surface area contributed by atoms with E-state index in [1.807, 2.05) is 0 Å². The molecule has 0 aromatic rings. The molecule has 0 spiro atoms. The van der Waals surface area contributed by atoms with Crippen LogP contribution in [0.15, 0.2) is 4.99 Å². The van der Waals surface area contributed by atoms with Crippen LogP contribution in [-0.2, 0) is 0 Å². The fourth-order valence-electron chi connectivity index (χ4n) is 2.20. The summed E-state index contributed by atoms with van der Waals surface area (Å²) in [4.78, 5) is 4.28. The van der Waals surface area contributed by atoms with E-state index in [-0.39, 0.29) is 12.8 Å². The Balaban J connectivity index is 1.68. The molecule has 92 valence electrons. The zero-order valence-corrected chi connectivity index (χ0v) is 9.60. The molecule has 0 bridgehead atoms. The van der Waals surface area contributed by atoms with Crippen LogP contribution in [0, 0.1) is 5.92 Å². The Bertz CT molecular complexity index is 268. The minimum absolute atomic E-state index is 0.0374. The Morgan fingerprint density at radius 1 is 1.44 bits per heavy atom. The molecule has 1 aliphatic heterocycles. The SMILES string of the molecule is CC1CN=C(NCC2CCC(F)(F)CC2)N1. The topological polar surface area (TPSA) is 36.4 Å². The predicted octanol–water partition coefficient (Wildman–Crippen LogP) is 1.75. The van der Waals surface area contributed by atoms with Gasteiger partial charge in [-0.1, -0.05) is 0 Å². The maximum atomic E-state index is 12.9. The monoisotopic (exact) mass is 231 g/mol. The smallest absolute Gasteiger partial charge is 0.248 e. The Kier molecular flexibility index (Phi) is 3.30. The molecule has 1 unspecified atom stereocenters. The molecule has 1 fully saturated rings. The Morgan fingerprint density at radius 3 is 2.69 bits per heavy atom. The van der Waals surface area contributed by atoms with E-state index in [0.29, 0.717) is 24.8 Å². The van der Waals surface area contributed by atoms with Gasteiger partial charge in [-0.3, -0.25) is 4.99 Å². The molecule has 16 heavy (non-hydrogen) atoms. The van der Waals surface area contributed by atoms with E-state index in [1.165, 1.54) is 0 Å². The molecule has 0 aromatic heterocycles. The van der Waals surface area contributed by atoms with Gasteiger partial charge in [0.25, 0.3) is 0 Å². The van der Waals surface area contributed by atoms with Crippen molar-refractivity contribution < 1.29 is 8.78 Å². The molecule has 5 heteroatoms. The maximum Gasteiger partial charge on any atom is 0.248 e. The molecule has 0 radical (unpaired) electrons. The first kappa shape index (κ1) is 11.6. The van der Waals surface area contributed by atoms with E-state index in [1.54, 1.807) is 0 Å². The van der Waals surface area contributed by atoms with Crippen LogP contribution in [0.25, 0.3) is 0 Å². The van der Waals surface area contributed by atoms with E-state index in [2.05, 4.69) is 22.5 Å². The number of alkyl halides is 2. The van der Waals surface area contributed by atoms with Crippen LogP contribution >= 0.6 is 0 Å². The molecule has 2 N–H and O–H groups in total. The van der Waals surface area contributed by atoms with Gasteiger partial charge < -0.3 is 10.6 Å². The minimum Gasteiger partial charge on any atom is -0.356 e. The third-order valence-electron chi connectivity index (χ3n) is 3.30. The lowest BCUT2D eigenvalue weighted by Crippen LogP contribution is -2.41. The van der Waals surface area contributed by atoms with Crippen LogP contribution in [-0.4, -0.2) is 31.0 Å².